The SMILES string of the molecule is CC(C)C[C@H](N=C=O)C(=O)N[C@@H](CC(C)C)C(=O)O. The third-order valence-corrected chi connectivity index (χ3v) is 2.53. The zero-order valence-corrected chi connectivity index (χ0v) is 11.8. The molecule has 0 aliphatic rings. The molecular formula is C13H22N2O4. The maximum absolute atomic E-state index is 11.9. The highest BCUT2D eigenvalue weighted by Gasteiger charge is 2.26. The summed E-state index contributed by atoms with van der Waals surface area (Å²) in [4.78, 5) is 36.7. The fourth-order valence-corrected chi connectivity index (χ4v) is 1.69. The first-order valence-electron chi connectivity index (χ1n) is 6.38. The molecule has 2 atom stereocenters. The normalized spacial score (nSPS) is 13.8. The van der Waals surface area contributed by atoms with E-state index in [2.05, 4.69) is 10.3 Å². The highest BCUT2D eigenvalue weighted by Crippen LogP contribution is 2.10. The number of isocyanates is 1. The van der Waals surface area contributed by atoms with Gasteiger partial charge in [0.15, 0.2) is 0 Å². The number of rotatable bonds is 8. The van der Waals surface area contributed by atoms with E-state index in [1.807, 2.05) is 27.7 Å². The number of hydrogen-bond acceptors (Lipinski definition) is 4. The maximum Gasteiger partial charge on any atom is 0.326 e. The largest absolute Gasteiger partial charge is 0.480 e. The number of hydrogen-bond donors (Lipinski definition) is 2. The lowest BCUT2D eigenvalue weighted by molar-refractivity contribution is -0.142. The number of carboxylic acid groups (broad SMARTS) is 1. The Hall–Kier alpha value is -1.68. The first kappa shape index (κ1) is 17.3. The van der Waals surface area contributed by atoms with E-state index in [4.69, 9.17) is 5.11 Å². The minimum Gasteiger partial charge on any atom is -0.480 e. The van der Waals surface area contributed by atoms with Crippen LogP contribution in [0.15, 0.2) is 4.99 Å². The van der Waals surface area contributed by atoms with Gasteiger partial charge in [-0.05, 0) is 24.7 Å². The summed E-state index contributed by atoms with van der Waals surface area (Å²) in [5.74, 6) is -1.31. The molecule has 6 nitrogen and oxygen atoms in total. The van der Waals surface area contributed by atoms with Crippen LogP contribution >= 0.6 is 0 Å². The van der Waals surface area contributed by atoms with E-state index in [9.17, 15) is 14.4 Å². The Morgan fingerprint density at radius 2 is 1.68 bits per heavy atom. The first-order chi connectivity index (χ1) is 8.77. The summed E-state index contributed by atoms with van der Waals surface area (Å²) in [6, 6.07) is -1.82. The summed E-state index contributed by atoms with van der Waals surface area (Å²) < 4.78 is 0. The van der Waals surface area contributed by atoms with Crippen LogP contribution < -0.4 is 5.32 Å². The van der Waals surface area contributed by atoms with Crippen molar-refractivity contribution in [2.24, 2.45) is 16.8 Å². The molecule has 1 amide bonds. The third-order valence-electron chi connectivity index (χ3n) is 2.53. The van der Waals surface area contributed by atoms with Crippen LogP contribution in [0.25, 0.3) is 0 Å². The van der Waals surface area contributed by atoms with Crippen molar-refractivity contribution < 1.29 is 19.5 Å². The molecule has 0 saturated carbocycles. The second kappa shape index (κ2) is 8.43. The summed E-state index contributed by atoms with van der Waals surface area (Å²) in [6.45, 7) is 7.53. The zero-order valence-electron chi connectivity index (χ0n) is 11.8. The lowest BCUT2D eigenvalue weighted by Gasteiger charge is -2.19. The Balaban J connectivity index is 4.75. The molecule has 0 aromatic carbocycles. The van der Waals surface area contributed by atoms with Crippen LogP contribution in [-0.4, -0.2) is 35.1 Å². The van der Waals surface area contributed by atoms with Gasteiger partial charge >= 0.3 is 5.97 Å². The van der Waals surface area contributed by atoms with Gasteiger partial charge in [0.05, 0.1) is 0 Å². The average Bonchev–Trinajstić information content (AvgIpc) is 2.26. The van der Waals surface area contributed by atoms with Crippen molar-refractivity contribution in [2.75, 3.05) is 0 Å². The van der Waals surface area contributed by atoms with Gasteiger partial charge in [0.25, 0.3) is 0 Å². The molecule has 0 aromatic rings. The number of carbonyl (C=O) groups is 2. The number of carbonyl (C=O) groups excluding carboxylic acids is 2. The summed E-state index contributed by atoms with van der Waals surface area (Å²) in [5.41, 5.74) is 0. The third kappa shape index (κ3) is 7.36. The Bertz CT molecular complexity index is 360. The number of aliphatic imine (C=N–C) groups is 1. The molecule has 0 unspecified atom stereocenters. The minimum atomic E-state index is -1.08. The van der Waals surface area contributed by atoms with E-state index in [-0.39, 0.29) is 11.8 Å². The number of nitrogens with zero attached hydrogens (tertiary/aromatic N) is 1. The molecule has 0 aromatic heterocycles. The standard InChI is InChI=1S/C13H22N2O4/c1-8(2)5-10(14-7-16)12(17)15-11(13(18)19)6-9(3)4/h8-11H,5-6H2,1-4H3,(H,15,17)(H,18,19)/t10-,11-/m0/s1. The summed E-state index contributed by atoms with van der Waals surface area (Å²) >= 11 is 0. The van der Waals surface area contributed by atoms with Crippen LogP contribution in [0.5, 0.6) is 0 Å². The van der Waals surface area contributed by atoms with E-state index in [1.54, 1.807) is 0 Å². The number of aliphatic carboxylic acids is 1. The van der Waals surface area contributed by atoms with Crippen molar-refractivity contribution in [1.29, 1.82) is 0 Å². The lowest BCUT2D eigenvalue weighted by Crippen LogP contribution is -2.45. The molecule has 0 aliphatic heterocycles. The predicted octanol–water partition coefficient (Wildman–Crippen LogP) is 1.35. The molecule has 0 radical (unpaired) electrons. The Labute approximate surface area is 113 Å². The molecule has 0 aliphatic carbocycles. The van der Waals surface area contributed by atoms with Crippen LogP contribution in [0.2, 0.25) is 0 Å². The lowest BCUT2D eigenvalue weighted by atomic mass is 10.0. The number of amides is 1. The summed E-state index contributed by atoms with van der Waals surface area (Å²) in [6.07, 6.45) is 2.08. The molecule has 6 heteroatoms. The van der Waals surface area contributed by atoms with Gasteiger partial charge in [-0.3, -0.25) is 4.79 Å². The fraction of sp³-hybridized carbons (Fsp3) is 0.769. The van der Waals surface area contributed by atoms with Crippen molar-refractivity contribution >= 4 is 18.0 Å². The van der Waals surface area contributed by atoms with Crippen molar-refractivity contribution in [2.45, 2.75) is 52.6 Å². The Morgan fingerprint density at radius 1 is 1.16 bits per heavy atom. The molecule has 0 fully saturated rings. The number of nitrogens with one attached hydrogen (secondary N) is 1. The quantitative estimate of drug-likeness (QED) is 0.514. The molecule has 0 rings (SSSR count). The van der Waals surface area contributed by atoms with Gasteiger partial charge in [-0.2, -0.15) is 4.99 Å². The zero-order chi connectivity index (χ0) is 15.0. The topological polar surface area (TPSA) is 95.8 Å². The monoisotopic (exact) mass is 270 g/mol. The van der Waals surface area contributed by atoms with Crippen LogP contribution in [0, 0.1) is 11.8 Å². The van der Waals surface area contributed by atoms with E-state index in [0.717, 1.165) is 0 Å². The van der Waals surface area contributed by atoms with Gasteiger partial charge < -0.3 is 10.4 Å². The van der Waals surface area contributed by atoms with Gasteiger partial charge in [-0.15, -0.1) is 0 Å². The minimum absolute atomic E-state index is 0.138. The summed E-state index contributed by atoms with van der Waals surface area (Å²) in [7, 11) is 0. The van der Waals surface area contributed by atoms with Crippen LogP contribution in [0.3, 0.4) is 0 Å². The van der Waals surface area contributed by atoms with Crippen LogP contribution in [0.4, 0.5) is 0 Å². The first-order valence-corrected chi connectivity index (χ1v) is 6.38. The van der Waals surface area contributed by atoms with Crippen molar-refractivity contribution in [1.82, 2.24) is 5.32 Å². The van der Waals surface area contributed by atoms with Crippen LogP contribution in [0.1, 0.15) is 40.5 Å². The molecule has 2 N–H and O–H groups in total. The highest BCUT2D eigenvalue weighted by atomic mass is 16.4. The molecular weight excluding hydrogens is 248 g/mol. The van der Waals surface area contributed by atoms with Gasteiger partial charge in [0, 0.05) is 0 Å². The predicted molar refractivity (Wildman–Crippen MR) is 70.4 cm³/mol. The van der Waals surface area contributed by atoms with Crippen LogP contribution in [-0.2, 0) is 14.4 Å². The molecule has 0 bridgehead atoms. The molecule has 0 saturated heterocycles. The van der Waals surface area contributed by atoms with E-state index < -0.39 is 24.0 Å². The highest BCUT2D eigenvalue weighted by molar-refractivity contribution is 5.87. The average molecular weight is 270 g/mol. The Morgan fingerprint density at radius 3 is 2.05 bits per heavy atom. The molecule has 108 valence electrons. The second-order valence-electron chi connectivity index (χ2n) is 5.39. The van der Waals surface area contributed by atoms with Gasteiger partial charge in [-0.25, -0.2) is 9.59 Å². The van der Waals surface area contributed by atoms with Crippen molar-refractivity contribution in [3.05, 3.63) is 0 Å². The summed E-state index contributed by atoms with van der Waals surface area (Å²) in [5, 5.41) is 11.5. The fourth-order valence-electron chi connectivity index (χ4n) is 1.69. The molecule has 0 spiro atoms. The second-order valence-corrected chi connectivity index (χ2v) is 5.39. The Kier molecular flexibility index (Phi) is 7.68. The van der Waals surface area contributed by atoms with E-state index in [0.29, 0.717) is 12.8 Å². The van der Waals surface area contributed by atoms with E-state index in [1.165, 1.54) is 6.08 Å². The molecule has 19 heavy (non-hydrogen) atoms. The molecule has 0 heterocycles. The van der Waals surface area contributed by atoms with Gasteiger partial charge in [-0.1, -0.05) is 27.7 Å². The van der Waals surface area contributed by atoms with Gasteiger partial charge in [0.1, 0.15) is 12.1 Å². The smallest absolute Gasteiger partial charge is 0.326 e. The van der Waals surface area contributed by atoms with E-state index >= 15 is 0 Å². The van der Waals surface area contributed by atoms with Gasteiger partial charge in [0.2, 0.25) is 12.0 Å². The van der Waals surface area contributed by atoms with Crippen molar-refractivity contribution in [3.8, 4) is 0 Å². The maximum atomic E-state index is 11.9. The van der Waals surface area contributed by atoms with Crippen molar-refractivity contribution in [3.63, 3.8) is 0 Å². The number of carboxylic acids is 1.